The Morgan fingerprint density at radius 2 is 1.23 bits per heavy atom. The Hall–Kier alpha value is -3.72. The van der Waals surface area contributed by atoms with Crippen molar-refractivity contribution in [2.75, 3.05) is 13.2 Å². The molecule has 0 unspecified atom stereocenters. The maximum absolute atomic E-state index is 10.5. The molecule has 0 saturated heterocycles. The predicted octanol–water partition coefficient (Wildman–Crippen LogP) is 9.51. The van der Waals surface area contributed by atoms with Gasteiger partial charge in [0.2, 0.25) is 0 Å². The van der Waals surface area contributed by atoms with Crippen molar-refractivity contribution >= 4 is 100 Å². The van der Waals surface area contributed by atoms with Gasteiger partial charge < -0.3 is 29.2 Å². The molecule has 4 aromatic rings. The number of hydrogen-bond donors (Lipinski definition) is 2. The van der Waals surface area contributed by atoms with Crippen molar-refractivity contribution in [2.45, 2.75) is 20.8 Å². The molecule has 0 atom stereocenters. The lowest BCUT2D eigenvalue weighted by molar-refractivity contribution is -0.121. The molecule has 4 rings (SSSR count). The van der Waals surface area contributed by atoms with Crippen LogP contribution in [0.4, 0.5) is 11.4 Å². The van der Waals surface area contributed by atoms with E-state index in [9.17, 15) is 19.8 Å². The maximum Gasteiger partial charge on any atom is 0.298 e. The molecule has 10 nitrogen and oxygen atoms in total. The summed E-state index contributed by atoms with van der Waals surface area (Å²) >= 11 is 13.6. The van der Waals surface area contributed by atoms with Gasteiger partial charge in [-0.25, -0.2) is 0 Å². The van der Waals surface area contributed by atoms with E-state index in [2.05, 4.69) is 73.7 Å². The second kappa shape index (κ2) is 18.6. The van der Waals surface area contributed by atoms with E-state index in [0.717, 1.165) is 14.5 Å². The molecule has 0 saturated carbocycles. The second-order valence-corrected chi connectivity index (χ2v) is 12.4. The van der Waals surface area contributed by atoms with E-state index in [-0.39, 0.29) is 11.5 Å². The summed E-state index contributed by atoms with van der Waals surface area (Å²) in [7, 11) is 0. The molecule has 2 N–H and O–H groups in total. The lowest BCUT2D eigenvalue weighted by Crippen LogP contribution is -1.96. The summed E-state index contributed by atoms with van der Waals surface area (Å²) in [4.78, 5) is 29.6. The van der Waals surface area contributed by atoms with Crippen molar-refractivity contribution in [1.29, 1.82) is 0 Å². The van der Waals surface area contributed by atoms with Crippen LogP contribution in [0.25, 0.3) is 0 Å². The number of nitrogens with zero attached hydrogens (tertiary/aromatic N) is 2. The number of phenolic OH excluding ortho intramolecular Hbond substituents is 2. The van der Waals surface area contributed by atoms with Gasteiger partial charge >= 0.3 is 0 Å². The Kier molecular flexibility index (Phi) is 14.9. The number of carbonyl (C=O) groups excluding carboxylic acids is 2. The first-order chi connectivity index (χ1) is 22.6. The molecule has 0 radical (unpaired) electrons. The molecular weight excluding hydrogens is 872 g/mol. The summed E-state index contributed by atoms with van der Waals surface area (Å²) in [5.41, 5.74) is 2.88. The number of carbonyl (C=O) groups is 2. The fourth-order valence-electron chi connectivity index (χ4n) is 3.88. The second-order valence-electron chi connectivity index (χ2n) is 9.07. The standard InChI is InChI=1S/C17H15Br2NO4.C16H13Br2NO4/c1-3-23-15-7-12(18)16(19)11(17(15)22)8-20-13-5-4-6-14(10(13)2)24-9-21;1-2-22-14-7-13(17)15(18)12(16(14)21)8-19-10-4-3-5-11(6-10)23-9-20/h4-9,22H,3H2,1-2H3;3-9,21H,2H2,1H3. The quantitative estimate of drug-likeness (QED) is 0.106. The molecule has 0 heterocycles. The average molecular weight is 900 g/mol. The van der Waals surface area contributed by atoms with Gasteiger partial charge in [0.15, 0.2) is 23.0 Å². The lowest BCUT2D eigenvalue weighted by Gasteiger charge is -2.11. The first-order valence-corrected chi connectivity index (χ1v) is 16.9. The van der Waals surface area contributed by atoms with Gasteiger partial charge in [-0.05, 0) is 121 Å². The normalized spacial score (nSPS) is 10.8. The molecule has 47 heavy (non-hydrogen) atoms. The van der Waals surface area contributed by atoms with Crippen LogP contribution >= 0.6 is 63.7 Å². The molecule has 0 spiro atoms. The minimum atomic E-state index is -0.00836. The van der Waals surface area contributed by atoms with Crippen LogP contribution in [-0.2, 0) is 9.59 Å². The number of aliphatic imine (C=N–C) groups is 2. The Morgan fingerprint density at radius 3 is 1.77 bits per heavy atom. The van der Waals surface area contributed by atoms with Crippen LogP contribution in [0.1, 0.15) is 30.5 Å². The van der Waals surface area contributed by atoms with Crippen LogP contribution < -0.4 is 18.9 Å². The molecule has 0 amide bonds. The number of hydrogen-bond acceptors (Lipinski definition) is 10. The summed E-state index contributed by atoms with van der Waals surface area (Å²) in [6.07, 6.45) is 3.03. The highest BCUT2D eigenvalue weighted by Crippen LogP contribution is 2.41. The molecular formula is C33H28Br4N2O8. The number of phenols is 2. The van der Waals surface area contributed by atoms with E-state index in [4.69, 9.17) is 18.9 Å². The van der Waals surface area contributed by atoms with Crippen molar-refractivity contribution in [3.8, 4) is 34.5 Å². The van der Waals surface area contributed by atoms with E-state index in [1.807, 2.05) is 13.8 Å². The Morgan fingerprint density at radius 1 is 0.702 bits per heavy atom. The highest BCUT2D eigenvalue weighted by molar-refractivity contribution is 9.13. The van der Waals surface area contributed by atoms with Crippen molar-refractivity contribution in [3.05, 3.63) is 89.2 Å². The first kappa shape index (κ1) is 37.7. The lowest BCUT2D eigenvalue weighted by atomic mass is 10.1. The molecule has 0 fully saturated rings. The smallest absolute Gasteiger partial charge is 0.298 e. The molecule has 14 heteroatoms. The molecule has 246 valence electrons. The largest absolute Gasteiger partial charge is 0.504 e. The SMILES string of the molecule is CCOc1cc(Br)c(Br)c(C=Nc2cccc(OC=O)c2)c1O.CCOc1cc(Br)c(Br)c(C=Nc2cccc(OC=O)c2C)c1O. The number of halogens is 4. The van der Waals surface area contributed by atoms with Gasteiger partial charge in [-0.1, -0.05) is 12.1 Å². The van der Waals surface area contributed by atoms with E-state index < -0.39 is 0 Å². The highest BCUT2D eigenvalue weighted by Gasteiger charge is 2.16. The van der Waals surface area contributed by atoms with Gasteiger partial charge in [0.05, 0.1) is 35.7 Å². The van der Waals surface area contributed by atoms with Gasteiger partial charge in [0.1, 0.15) is 11.5 Å². The Bertz CT molecular complexity index is 1800. The summed E-state index contributed by atoms with van der Waals surface area (Å²) in [5.74, 6) is 1.54. The molecule has 0 aliphatic heterocycles. The molecule has 0 aliphatic rings. The van der Waals surface area contributed by atoms with Crippen LogP contribution in [0.2, 0.25) is 0 Å². The molecule has 0 aliphatic carbocycles. The van der Waals surface area contributed by atoms with Crippen LogP contribution in [0.3, 0.4) is 0 Å². The van der Waals surface area contributed by atoms with Gasteiger partial charge in [0.25, 0.3) is 12.9 Å². The summed E-state index contributed by atoms with van der Waals surface area (Å²) in [5, 5.41) is 20.7. The minimum Gasteiger partial charge on any atom is -0.504 e. The Labute approximate surface area is 305 Å². The van der Waals surface area contributed by atoms with Gasteiger partial charge in [-0.3, -0.25) is 19.6 Å². The van der Waals surface area contributed by atoms with Crippen molar-refractivity contribution in [3.63, 3.8) is 0 Å². The minimum absolute atomic E-state index is 0.00590. The van der Waals surface area contributed by atoms with Gasteiger partial charge in [-0.15, -0.1) is 0 Å². The number of aromatic hydroxyl groups is 2. The molecule has 0 aromatic heterocycles. The zero-order valence-electron chi connectivity index (χ0n) is 25.2. The van der Waals surface area contributed by atoms with E-state index in [0.29, 0.717) is 80.6 Å². The van der Waals surface area contributed by atoms with Crippen molar-refractivity contribution < 1.29 is 38.7 Å². The summed E-state index contributed by atoms with van der Waals surface area (Å²) < 4.78 is 23.3. The summed E-state index contributed by atoms with van der Waals surface area (Å²) in [6.45, 7) is 7.07. The zero-order chi connectivity index (χ0) is 34.5. The third-order valence-corrected chi connectivity index (χ3v) is 10.1. The zero-order valence-corrected chi connectivity index (χ0v) is 31.5. The van der Waals surface area contributed by atoms with Crippen LogP contribution in [0, 0.1) is 6.92 Å². The van der Waals surface area contributed by atoms with Crippen LogP contribution in [0.5, 0.6) is 34.5 Å². The molecule has 0 bridgehead atoms. The fourth-order valence-corrected chi connectivity index (χ4v) is 5.53. The average Bonchev–Trinajstić information content (AvgIpc) is 3.05. The van der Waals surface area contributed by atoms with E-state index >= 15 is 0 Å². The topological polar surface area (TPSA) is 136 Å². The van der Waals surface area contributed by atoms with Crippen molar-refractivity contribution in [1.82, 2.24) is 0 Å². The van der Waals surface area contributed by atoms with Gasteiger partial charge in [-0.2, -0.15) is 0 Å². The van der Waals surface area contributed by atoms with Crippen LogP contribution in [-0.4, -0.2) is 48.8 Å². The van der Waals surface area contributed by atoms with E-state index in [1.165, 1.54) is 12.4 Å². The first-order valence-electron chi connectivity index (χ1n) is 13.7. The Balaban J connectivity index is 0.000000256. The monoisotopic (exact) mass is 896 g/mol. The van der Waals surface area contributed by atoms with Crippen LogP contribution in [0.15, 0.2) is 82.5 Å². The van der Waals surface area contributed by atoms with Crippen molar-refractivity contribution in [2.24, 2.45) is 9.98 Å². The van der Waals surface area contributed by atoms with E-state index in [1.54, 1.807) is 61.5 Å². The predicted molar refractivity (Wildman–Crippen MR) is 195 cm³/mol. The summed E-state index contributed by atoms with van der Waals surface area (Å²) in [6, 6.07) is 15.3. The molecule has 4 aromatic carbocycles. The maximum atomic E-state index is 10.5. The third-order valence-electron chi connectivity index (χ3n) is 6.09. The fraction of sp³-hybridized carbons (Fsp3) is 0.152. The number of benzene rings is 4. The van der Waals surface area contributed by atoms with Gasteiger partial charge in [0, 0.05) is 41.9 Å². The third kappa shape index (κ3) is 10.1. The number of rotatable bonds is 12. The highest BCUT2D eigenvalue weighted by atomic mass is 79.9. The number of ether oxygens (including phenoxy) is 4.